The lowest BCUT2D eigenvalue weighted by Gasteiger charge is -2.35. The summed E-state index contributed by atoms with van der Waals surface area (Å²) in [6, 6.07) is 18.9. The SMILES string of the molecule is O=C(N[C@H]1CCS[C@H]2CCCCN2C1=O)[C@H](CC[C@H](Cc1ccccc1)C(=O)N[C@H]1CCS[C@H]2CCCCN2C1=O)Cc1ccccc1. The van der Waals surface area contributed by atoms with E-state index in [2.05, 4.69) is 10.6 Å². The molecule has 4 aliphatic rings. The molecule has 8 nitrogen and oxygen atoms in total. The predicted molar refractivity (Wildman–Crippen MR) is 193 cm³/mol. The zero-order chi connectivity index (χ0) is 33.3. The minimum atomic E-state index is -0.521. The molecule has 0 radical (unpaired) electrons. The van der Waals surface area contributed by atoms with Gasteiger partial charge in [0.2, 0.25) is 23.6 Å². The van der Waals surface area contributed by atoms with E-state index in [4.69, 9.17) is 0 Å². The Balaban J connectivity index is 1.17. The van der Waals surface area contributed by atoms with Gasteiger partial charge in [-0.2, -0.15) is 0 Å². The number of fused-ring (bicyclic) bond motifs is 2. The Hall–Kier alpha value is -2.98. The third-order valence-electron chi connectivity index (χ3n) is 10.4. The van der Waals surface area contributed by atoms with Crippen LogP contribution in [0, 0.1) is 11.8 Å². The molecular weight excluding hydrogens is 641 g/mol. The van der Waals surface area contributed by atoms with Crippen LogP contribution in [-0.4, -0.2) is 80.9 Å². The predicted octanol–water partition coefficient (Wildman–Crippen LogP) is 5.41. The number of rotatable bonds is 11. The van der Waals surface area contributed by atoms with Crippen molar-refractivity contribution in [2.45, 2.75) is 99.9 Å². The lowest BCUT2D eigenvalue weighted by Crippen LogP contribution is -2.52. The van der Waals surface area contributed by atoms with E-state index in [0.29, 0.717) is 38.5 Å². The minimum Gasteiger partial charge on any atom is -0.344 e. The van der Waals surface area contributed by atoms with Crippen LogP contribution in [0.5, 0.6) is 0 Å². The number of nitrogens with one attached hydrogen (secondary N) is 2. The molecule has 4 fully saturated rings. The number of nitrogens with zero attached hydrogens (tertiary/aromatic N) is 2. The van der Waals surface area contributed by atoms with Gasteiger partial charge in [-0.25, -0.2) is 0 Å². The average molecular weight is 691 g/mol. The molecule has 0 bridgehead atoms. The summed E-state index contributed by atoms with van der Waals surface area (Å²) in [4.78, 5) is 59.3. The van der Waals surface area contributed by atoms with Crippen LogP contribution < -0.4 is 10.6 Å². The average Bonchev–Trinajstić information content (AvgIpc) is 3.37. The summed E-state index contributed by atoms with van der Waals surface area (Å²) in [6.45, 7) is 1.51. The molecule has 4 saturated heterocycles. The summed E-state index contributed by atoms with van der Waals surface area (Å²) in [6.07, 6.45) is 9.65. The summed E-state index contributed by atoms with van der Waals surface area (Å²) < 4.78 is 0. The summed E-state index contributed by atoms with van der Waals surface area (Å²) >= 11 is 3.67. The topological polar surface area (TPSA) is 98.8 Å². The summed E-state index contributed by atoms with van der Waals surface area (Å²) in [5.74, 6) is 0.731. The van der Waals surface area contributed by atoms with Crippen molar-refractivity contribution in [1.82, 2.24) is 20.4 Å². The zero-order valence-electron chi connectivity index (χ0n) is 27.9. The van der Waals surface area contributed by atoms with Gasteiger partial charge in [0.05, 0.1) is 10.7 Å². The van der Waals surface area contributed by atoms with E-state index in [9.17, 15) is 19.2 Å². The Bertz CT molecular complexity index is 1290. The van der Waals surface area contributed by atoms with Gasteiger partial charge in [0, 0.05) is 24.9 Å². The maximum atomic E-state index is 14.1. The fourth-order valence-electron chi connectivity index (χ4n) is 7.64. The number of carbonyl (C=O) groups is 4. The molecule has 48 heavy (non-hydrogen) atoms. The summed E-state index contributed by atoms with van der Waals surface area (Å²) in [5, 5.41) is 6.77. The molecule has 258 valence electrons. The Morgan fingerprint density at radius 3 is 1.46 bits per heavy atom. The van der Waals surface area contributed by atoms with Crippen molar-refractivity contribution < 1.29 is 19.2 Å². The van der Waals surface area contributed by atoms with Crippen LogP contribution in [0.25, 0.3) is 0 Å². The number of hydrogen-bond acceptors (Lipinski definition) is 6. The van der Waals surface area contributed by atoms with Crippen LogP contribution in [0.2, 0.25) is 0 Å². The van der Waals surface area contributed by atoms with E-state index < -0.39 is 23.9 Å². The van der Waals surface area contributed by atoms with Crippen LogP contribution in [0.15, 0.2) is 60.7 Å². The number of carbonyl (C=O) groups excluding carboxylic acids is 4. The van der Waals surface area contributed by atoms with Gasteiger partial charge in [-0.3, -0.25) is 19.2 Å². The fourth-order valence-corrected chi connectivity index (χ4v) is 10.4. The quantitative estimate of drug-likeness (QED) is 0.328. The molecule has 6 atom stereocenters. The van der Waals surface area contributed by atoms with E-state index in [1.807, 2.05) is 94.0 Å². The first-order valence-corrected chi connectivity index (χ1v) is 20.1. The Labute approximate surface area is 293 Å². The number of hydrogen-bond donors (Lipinski definition) is 2. The van der Waals surface area contributed by atoms with Crippen molar-refractivity contribution in [3.63, 3.8) is 0 Å². The molecule has 2 aromatic rings. The van der Waals surface area contributed by atoms with Crippen LogP contribution in [-0.2, 0) is 32.0 Å². The van der Waals surface area contributed by atoms with E-state index in [1.54, 1.807) is 0 Å². The third-order valence-corrected chi connectivity index (χ3v) is 13.1. The largest absolute Gasteiger partial charge is 0.344 e. The molecule has 0 aliphatic carbocycles. The lowest BCUT2D eigenvalue weighted by atomic mass is 9.86. The molecule has 4 heterocycles. The Morgan fingerprint density at radius 1 is 0.625 bits per heavy atom. The van der Waals surface area contributed by atoms with E-state index in [0.717, 1.165) is 74.2 Å². The molecule has 0 spiro atoms. The number of piperidine rings is 2. The molecule has 6 rings (SSSR count). The maximum Gasteiger partial charge on any atom is 0.246 e. The highest BCUT2D eigenvalue weighted by Crippen LogP contribution is 2.33. The van der Waals surface area contributed by atoms with Crippen LogP contribution in [0.4, 0.5) is 0 Å². The molecule has 0 unspecified atom stereocenters. The van der Waals surface area contributed by atoms with Gasteiger partial charge in [0.25, 0.3) is 0 Å². The summed E-state index contributed by atoms with van der Waals surface area (Å²) in [7, 11) is 0. The van der Waals surface area contributed by atoms with Crippen molar-refractivity contribution in [1.29, 1.82) is 0 Å². The first-order chi connectivity index (χ1) is 23.5. The van der Waals surface area contributed by atoms with E-state index >= 15 is 0 Å². The van der Waals surface area contributed by atoms with Gasteiger partial charge >= 0.3 is 0 Å². The molecule has 0 saturated carbocycles. The highest BCUT2D eigenvalue weighted by atomic mass is 32.2. The van der Waals surface area contributed by atoms with Gasteiger partial charge in [-0.1, -0.05) is 60.7 Å². The third kappa shape index (κ3) is 8.97. The van der Waals surface area contributed by atoms with Crippen molar-refractivity contribution in [2.75, 3.05) is 24.6 Å². The molecule has 4 amide bonds. The minimum absolute atomic E-state index is 0.0417. The monoisotopic (exact) mass is 690 g/mol. The van der Waals surface area contributed by atoms with Crippen LogP contribution in [0.1, 0.15) is 75.3 Å². The second kappa shape index (κ2) is 17.1. The number of thioether (sulfide) groups is 2. The molecule has 10 heteroatoms. The summed E-state index contributed by atoms with van der Waals surface area (Å²) in [5.41, 5.74) is 2.11. The molecule has 2 N–H and O–H groups in total. The standard InChI is InChI=1S/C38H50N4O4S2/c43-35(39-31-19-23-47-33-15-7-9-21-41(33)37(31)45)29(25-27-11-3-1-4-12-27)17-18-30(26-28-13-5-2-6-14-28)36(44)40-32-20-24-48-34-16-8-10-22-42(34)38(32)46/h1-6,11-14,29-34H,7-10,15-26H2,(H,39,43)(H,40,44)/t29-,30-,31+,32+,33+,34+/m1/s1. The second-order valence-corrected chi connectivity index (χ2v) is 16.3. The molecule has 4 aliphatic heterocycles. The van der Waals surface area contributed by atoms with Gasteiger partial charge in [-0.05, 0) is 99.7 Å². The first-order valence-electron chi connectivity index (χ1n) is 18.0. The van der Waals surface area contributed by atoms with Gasteiger partial charge in [0.1, 0.15) is 12.1 Å². The second-order valence-electron chi connectivity index (χ2n) is 13.8. The van der Waals surface area contributed by atoms with E-state index in [-0.39, 0.29) is 34.4 Å². The van der Waals surface area contributed by atoms with E-state index in [1.165, 1.54) is 0 Å². The molecule has 0 aromatic heterocycles. The first kappa shape index (κ1) is 34.9. The van der Waals surface area contributed by atoms with Crippen LogP contribution in [0.3, 0.4) is 0 Å². The lowest BCUT2D eigenvalue weighted by molar-refractivity contribution is -0.139. The smallest absolute Gasteiger partial charge is 0.246 e. The van der Waals surface area contributed by atoms with Gasteiger partial charge in [0.15, 0.2) is 0 Å². The zero-order valence-corrected chi connectivity index (χ0v) is 29.5. The van der Waals surface area contributed by atoms with Gasteiger partial charge < -0.3 is 20.4 Å². The molecular formula is C38H50N4O4S2. The fraction of sp³-hybridized carbons (Fsp3) is 0.579. The van der Waals surface area contributed by atoms with Crippen LogP contribution >= 0.6 is 23.5 Å². The highest BCUT2D eigenvalue weighted by Gasteiger charge is 2.38. The highest BCUT2D eigenvalue weighted by molar-refractivity contribution is 8.00. The van der Waals surface area contributed by atoms with Crippen molar-refractivity contribution >= 4 is 47.2 Å². The van der Waals surface area contributed by atoms with Crippen molar-refractivity contribution in [3.8, 4) is 0 Å². The Kier molecular flexibility index (Phi) is 12.4. The normalized spacial score (nSPS) is 25.9. The maximum absolute atomic E-state index is 14.1. The number of benzene rings is 2. The van der Waals surface area contributed by atoms with Gasteiger partial charge in [-0.15, -0.1) is 23.5 Å². The van der Waals surface area contributed by atoms with Crippen molar-refractivity contribution in [3.05, 3.63) is 71.8 Å². The van der Waals surface area contributed by atoms with Crippen molar-refractivity contribution in [2.24, 2.45) is 11.8 Å². The molecule has 2 aromatic carbocycles. The Morgan fingerprint density at radius 2 is 1.04 bits per heavy atom. The number of amides is 4.